The van der Waals surface area contributed by atoms with Crippen LogP contribution in [-0.4, -0.2) is 25.1 Å². The number of halogens is 2. The minimum absolute atomic E-state index is 0.0577. The largest absolute Gasteiger partial charge is 0.478 e. The number of amides is 1. The highest BCUT2D eigenvalue weighted by molar-refractivity contribution is 5.77. The summed E-state index contributed by atoms with van der Waals surface area (Å²) < 4.78 is 32.1. The summed E-state index contributed by atoms with van der Waals surface area (Å²) in [6, 6.07) is 2.26. The van der Waals surface area contributed by atoms with Crippen LogP contribution in [0.25, 0.3) is 0 Å². The van der Waals surface area contributed by atoms with Crippen molar-refractivity contribution in [2.45, 2.75) is 26.3 Å². The van der Waals surface area contributed by atoms with Gasteiger partial charge in [-0.2, -0.15) is 0 Å². The van der Waals surface area contributed by atoms with E-state index in [-0.39, 0.29) is 6.04 Å². The first-order valence-corrected chi connectivity index (χ1v) is 6.04. The molecular weight excluding hydrogens is 254 g/mol. The van der Waals surface area contributed by atoms with E-state index in [1.54, 1.807) is 13.8 Å². The van der Waals surface area contributed by atoms with Gasteiger partial charge in [-0.1, -0.05) is 0 Å². The van der Waals surface area contributed by atoms with Gasteiger partial charge in [-0.25, -0.2) is 8.78 Å². The van der Waals surface area contributed by atoms with Crippen molar-refractivity contribution in [1.29, 1.82) is 0 Å². The van der Waals surface area contributed by atoms with Gasteiger partial charge in [0.1, 0.15) is 0 Å². The Kier molecular flexibility index (Phi) is 5.69. The summed E-state index contributed by atoms with van der Waals surface area (Å²) in [5.74, 6) is -2.64. The van der Waals surface area contributed by atoms with E-state index >= 15 is 0 Å². The molecule has 4 nitrogen and oxygen atoms in total. The van der Waals surface area contributed by atoms with Crippen LogP contribution in [0, 0.1) is 11.6 Å². The summed E-state index contributed by atoms with van der Waals surface area (Å²) in [7, 11) is 0. The Morgan fingerprint density at radius 3 is 2.42 bits per heavy atom. The van der Waals surface area contributed by atoms with Gasteiger partial charge in [0.15, 0.2) is 24.0 Å². The maximum absolute atomic E-state index is 13.6. The SMILES string of the molecule is CC(C)NC(=O)COc1c(F)cc(CCN)cc1F. The Balaban J connectivity index is 2.71. The second-order valence-corrected chi connectivity index (χ2v) is 4.44. The first kappa shape index (κ1) is 15.4. The Hall–Kier alpha value is -1.69. The second kappa shape index (κ2) is 7.04. The van der Waals surface area contributed by atoms with Gasteiger partial charge in [0.2, 0.25) is 0 Å². The number of benzene rings is 1. The zero-order chi connectivity index (χ0) is 14.4. The summed E-state index contributed by atoms with van der Waals surface area (Å²) in [4.78, 5) is 11.3. The summed E-state index contributed by atoms with van der Waals surface area (Å²) >= 11 is 0. The van der Waals surface area contributed by atoms with Crippen LogP contribution < -0.4 is 15.8 Å². The molecule has 0 aromatic heterocycles. The molecule has 0 fully saturated rings. The van der Waals surface area contributed by atoms with Crippen molar-refractivity contribution in [3.63, 3.8) is 0 Å². The van der Waals surface area contributed by atoms with Crippen LogP contribution in [0.5, 0.6) is 5.75 Å². The highest BCUT2D eigenvalue weighted by Crippen LogP contribution is 2.23. The van der Waals surface area contributed by atoms with Crippen molar-refractivity contribution in [2.75, 3.05) is 13.2 Å². The van der Waals surface area contributed by atoms with E-state index in [2.05, 4.69) is 5.32 Å². The molecule has 1 rings (SSSR count). The van der Waals surface area contributed by atoms with E-state index in [4.69, 9.17) is 10.5 Å². The fraction of sp³-hybridized carbons (Fsp3) is 0.462. The lowest BCUT2D eigenvalue weighted by molar-refractivity contribution is -0.123. The normalized spacial score (nSPS) is 10.6. The lowest BCUT2D eigenvalue weighted by Gasteiger charge is -2.11. The molecule has 19 heavy (non-hydrogen) atoms. The van der Waals surface area contributed by atoms with Crippen LogP contribution in [-0.2, 0) is 11.2 Å². The smallest absolute Gasteiger partial charge is 0.258 e. The predicted molar refractivity (Wildman–Crippen MR) is 67.9 cm³/mol. The molecule has 3 N–H and O–H groups in total. The van der Waals surface area contributed by atoms with Gasteiger partial charge >= 0.3 is 0 Å². The monoisotopic (exact) mass is 272 g/mol. The number of rotatable bonds is 6. The van der Waals surface area contributed by atoms with Gasteiger partial charge in [-0.3, -0.25) is 4.79 Å². The van der Waals surface area contributed by atoms with Crippen molar-refractivity contribution in [2.24, 2.45) is 5.73 Å². The fourth-order valence-corrected chi connectivity index (χ4v) is 1.56. The van der Waals surface area contributed by atoms with Crippen molar-refractivity contribution < 1.29 is 18.3 Å². The molecule has 0 aliphatic carbocycles. The number of hydrogen-bond donors (Lipinski definition) is 2. The Morgan fingerprint density at radius 1 is 1.37 bits per heavy atom. The summed E-state index contributed by atoms with van der Waals surface area (Å²) in [5.41, 5.74) is 5.77. The lowest BCUT2D eigenvalue weighted by Crippen LogP contribution is -2.34. The first-order chi connectivity index (χ1) is 8.93. The van der Waals surface area contributed by atoms with Crippen LogP contribution in [0.4, 0.5) is 8.78 Å². The van der Waals surface area contributed by atoms with Gasteiger partial charge in [-0.05, 0) is 44.5 Å². The minimum atomic E-state index is -0.833. The van der Waals surface area contributed by atoms with Gasteiger partial charge in [0.25, 0.3) is 5.91 Å². The van der Waals surface area contributed by atoms with Crippen LogP contribution >= 0.6 is 0 Å². The van der Waals surface area contributed by atoms with Crippen molar-refractivity contribution >= 4 is 5.91 Å². The maximum atomic E-state index is 13.6. The van der Waals surface area contributed by atoms with Gasteiger partial charge in [0.05, 0.1) is 0 Å². The molecule has 0 saturated heterocycles. The fourth-order valence-electron chi connectivity index (χ4n) is 1.56. The molecule has 0 heterocycles. The van der Waals surface area contributed by atoms with E-state index in [1.165, 1.54) is 0 Å². The van der Waals surface area contributed by atoms with E-state index in [0.717, 1.165) is 12.1 Å². The van der Waals surface area contributed by atoms with E-state index in [0.29, 0.717) is 18.5 Å². The van der Waals surface area contributed by atoms with E-state index in [9.17, 15) is 13.6 Å². The number of ether oxygens (including phenoxy) is 1. The third-order valence-corrected chi connectivity index (χ3v) is 2.29. The van der Waals surface area contributed by atoms with Crippen molar-refractivity contribution in [1.82, 2.24) is 5.32 Å². The van der Waals surface area contributed by atoms with Crippen LogP contribution in [0.15, 0.2) is 12.1 Å². The molecule has 0 bridgehead atoms. The molecule has 0 saturated carbocycles. The molecular formula is C13H18F2N2O2. The number of hydrogen-bond acceptors (Lipinski definition) is 3. The van der Waals surface area contributed by atoms with Gasteiger partial charge < -0.3 is 15.8 Å². The molecule has 1 aromatic rings. The molecule has 106 valence electrons. The summed E-state index contributed by atoms with van der Waals surface area (Å²) in [6.07, 6.45) is 0.377. The molecule has 0 atom stereocenters. The number of nitrogens with one attached hydrogen (secondary N) is 1. The zero-order valence-corrected chi connectivity index (χ0v) is 11.0. The standard InChI is InChI=1S/C13H18F2N2O2/c1-8(2)17-12(18)7-19-13-10(14)5-9(3-4-16)6-11(13)15/h5-6,8H,3-4,7,16H2,1-2H3,(H,17,18). The average molecular weight is 272 g/mol. The van der Waals surface area contributed by atoms with Crippen LogP contribution in [0.1, 0.15) is 19.4 Å². The first-order valence-electron chi connectivity index (χ1n) is 6.04. The number of nitrogens with two attached hydrogens (primary N) is 1. The molecule has 0 unspecified atom stereocenters. The highest BCUT2D eigenvalue weighted by Gasteiger charge is 2.14. The van der Waals surface area contributed by atoms with Crippen LogP contribution in [0.3, 0.4) is 0 Å². The molecule has 0 radical (unpaired) electrons. The van der Waals surface area contributed by atoms with Gasteiger partial charge in [-0.15, -0.1) is 0 Å². The highest BCUT2D eigenvalue weighted by atomic mass is 19.1. The lowest BCUT2D eigenvalue weighted by atomic mass is 10.1. The van der Waals surface area contributed by atoms with Crippen molar-refractivity contribution in [3.8, 4) is 5.75 Å². The topological polar surface area (TPSA) is 64.3 Å². The molecule has 6 heteroatoms. The average Bonchev–Trinajstić information content (AvgIpc) is 2.27. The quantitative estimate of drug-likeness (QED) is 0.822. The molecule has 0 aliphatic rings. The predicted octanol–water partition coefficient (Wildman–Crippen LogP) is 1.37. The Labute approximate surface area is 110 Å². The third kappa shape index (κ3) is 4.82. The Bertz CT molecular complexity index is 427. The van der Waals surface area contributed by atoms with E-state index in [1.807, 2.05) is 0 Å². The van der Waals surface area contributed by atoms with Gasteiger partial charge in [0, 0.05) is 6.04 Å². The summed E-state index contributed by atoms with van der Waals surface area (Å²) in [5, 5.41) is 2.56. The minimum Gasteiger partial charge on any atom is -0.478 e. The van der Waals surface area contributed by atoms with E-state index < -0.39 is 29.9 Å². The number of carbonyl (C=O) groups is 1. The molecule has 1 amide bonds. The van der Waals surface area contributed by atoms with Crippen LogP contribution in [0.2, 0.25) is 0 Å². The molecule has 0 aliphatic heterocycles. The maximum Gasteiger partial charge on any atom is 0.258 e. The number of carbonyl (C=O) groups excluding carboxylic acids is 1. The Morgan fingerprint density at radius 2 is 1.95 bits per heavy atom. The second-order valence-electron chi connectivity index (χ2n) is 4.44. The third-order valence-electron chi connectivity index (χ3n) is 2.29. The molecule has 0 spiro atoms. The summed E-state index contributed by atoms with van der Waals surface area (Å²) in [6.45, 7) is 3.43. The molecule has 1 aromatic carbocycles. The zero-order valence-electron chi connectivity index (χ0n) is 11.0. The van der Waals surface area contributed by atoms with Crippen molar-refractivity contribution in [3.05, 3.63) is 29.3 Å².